The highest BCUT2D eigenvalue weighted by Gasteiger charge is 2.48. The molecule has 5 rings (SSSR count). The van der Waals surface area contributed by atoms with Crippen molar-refractivity contribution in [1.29, 1.82) is 0 Å². The van der Waals surface area contributed by atoms with Gasteiger partial charge in [0.2, 0.25) is 30.3 Å². The van der Waals surface area contributed by atoms with E-state index in [1.165, 1.54) is 18.1 Å². The molecular formula is C35H44FN3O8. The molecular weight excluding hydrogens is 609 g/mol. The van der Waals surface area contributed by atoms with Crippen LogP contribution in [0.5, 0.6) is 17.2 Å². The average Bonchev–Trinajstić information content (AvgIpc) is 3.74. The van der Waals surface area contributed by atoms with Crippen LogP contribution in [0.2, 0.25) is 0 Å². The smallest absolute Gasteiger partial charge is 0.308 e. The van der Waals surface area contributed by atoms with Crippen LogP contribution in [0, 0.1) is 18.7 Å². The van der Waals surface area contributed by atoms with Gasteiger partial charge in [0.25, 0.3) is 0 Å². The van der Waals surface area contributed by atoms with E-state index in [0.29, 0.717) is 34.1 Å². The maximum absolute atomic E-state index is 14.4. The number of amides is 3. The molecule has 0 aliphatic carbocycles. The molecule has 0 saturated carbocycles. The van der Waals surface area contributed by atoms with Gasteiger partial charge in [-0.15, -0.1) is 0 Å². The van der Waals surface area contributed by atoms with Gasteiger partial charge in [0.15, 0.2) is 11.5 Å². The van der Waals surface area contributed by atoms with E-state index in [-0.39, 0.29) is 75.3 Å². The number of halogens is 1. The minimum absolute atomic E-state index is 0.0126. The Hall–Kier alpha value is -4.19. The minimum atomic E-state index is -1.05. The van der Waals surface area contributed by atoms with Crippen molar-refractivity contribution >= 4 is 29.4 Å². The number of rotatable bonds is 14. The molecule has 2 aromatic carbocycles. The maximum atomic E-state index is 14.4. The molecule has 3 unspecified atom stereocenters. The van der Waals surface area contributed by atoms with Crippen LogP contribution < -0.4 is 19.1 Å². The Labute approximate surface area is 274 Å². The normalized spacial score (nSPS) is 20.8. The highest BCUT2D eigenvalue weighted by Crippen LogP contribution is 2.47. The molecule has 3 amide bonds. The van der Waals surface area contributed by atoms with E-state index in [4.69, 9.17) is 14.2 Å². The molecule has 0 spiro atoms. The topological polar surface area (TPSA) is 126 Å². The van der Waals surface area contributed by atoms with Crippen molar-refractivity contribution in [2.45, 2.75) is 83.7 Å². The molecule has 254 valence electrons. The summed E-state index contributed by atoms with van der Waals surface area (Å²) < 4.78 is 31.1. The lowest BCUT2D eigenvalue weighted by Crippen LogP contribution is -2.48. The summed E-state index contributed by atoms with van der Waals surface area (Å²) in [6.07, 6.45) is 3.63. The molecule has 0 aromatic heterocycles. The molecule has 3 aliphatic heterocycles. The summed E-state index contributed by atoms with van der Waals surface area (Å²) in [5.41, 5.74) is 1.68. The number of imide groups is 1. The average molecular weight is 654 g/mol. The molecule has 12 heteroatoms. The zero-order valence-corrected chi connectivity index (χ0v) is 27.5. The van der Waals surface area contributed by atoms with Gasteiger partial charge in [-0.3, -0.25) is 29.0 Å². The highest BCUT2D eigenvalue weighted by molar-refractivity contribution is 6.02. The van der Waals surface area contributed by atoms with Crippen LogP contribution in [0.25, 0.3) is 0 Å². The van der Waals surface area contributed by atoms with Gasteiger partial charge < -0.3 is 24.2 Å². The van der Waals surface area contributed by atoms with Crippen LogP contribution >= 0.6 is 0 Å². The first kappa shape index (κ1) is 34.2. The molecule has 2 fully saturated rings. The molecule has 0 bridgehead atoms. The van der Waals surface area contributed by atoms with Crippen molar-refractivity contribution < 1.29 is 42.9 Å². The standard InChI is InChI=1S/C35H44FN3O8/c1-5-7-23(8-6-2)39(24-9-10-26(36)21(3)15-24)32(42)19-37-18-25(22-16-28(45-4)34-29(17-22)46-20-47-34)33(35(43)44)27(37)13-14-38-30(40)11-12-31(38)41/h9-10,15-17,23,25,27,33H,5-8,11-14,18-20H2,1-4H3,(H,43,44). The van der Waals surface area contributed by atoms with Gasteiger partial charge in [-0.1, -0.05) is 26.7 Å². The van der Waals surface area contributed by atoms with Crippen molar-refractivity contribution in [2.75, 3.05) is 38.4 Å². The number of aliphatic carboxylic acids is 1. The third-order valence-corrected chi connectivity index (χ3v) is 9.58. The second kappa shape index (κ2) is 14.7. The van der Waals surface area contributed by atoms with Crippen molar-refractivity contribution in [1.82, 2.24) is 9.80 Å². The number of methoxy groups -OCH3 is 1. The van der Waals surface area contributed by atoms with Crippen molar-refractivity contribution in [2.24, 2.45) is 5.92 Å². The van der Waals surface area contributed by atoms with Crippen molar-refractivity contribution in [3.05, 3.63) is 47.3 Å². The Morgan fingerprint density at radius 3 is 2.40 bits per heavy atom. The van der Waals surface area contributed by atoms with E-state index < -0.39 is 23.8 Å². The fourth-order valence-electron chi connectivity index (χ4n) is 7.34. The SMILES string of the molecule is CCCC(CCC)N(C(=O)CN1CC(c2cc(OC)c3c(c2)OCO3)C(C(=O)O)C1CCN1C(=O)CCC1=O)c1ccc(F)c(C)c1. The summed E-state index contributed by atoms with van der Waals surface area (Å²) >= 11 is 0. The quantitative estimate of drug-likeness (QED) is 0.284. The zero-order chi connectivity index (χ0) is 33.8. The number of anilines is 1. The molecule has 47 heavy (non-hydrogen) atoms. The lowest BCUT2D eigenvalue weighted by Gasteiger charge is -2.35. The van der Waals surface area contributed by atoms with Crippen LogP contribution in [0.4, 0.5) is 10.1 Å². The molecule has 0 radical (unpaired) electrons. The Bertz CT molecular complexity index is 1490. The lowest BCUT2D eigenvalue weighted by molar-refractivity contribution is -0.143. The third kappa shape index (κ3) is 7.07. The van der Waals surface area contributed by atoms with E-state index in [0.717, 1.165) is 25.7 Å². The molecule has 3 heterocycles. The summed E-state index contributed by atoms with van der Waals surface area (Å²) in [5.74, 6) is -2.42. The highest BCUT2D eigenvalue weighted by atomic mass is 19.1. The predicted octanol–water partition coefficient (Wildman–Crippen LogP) is 4.88. The third-order valence-electron chi connectivity index (χ3n) is 9.58. The first-order chi connectivity index (χ1) is 22.6. The number of nitrogens with zero attached hydrogens (tertiary/aromatic N) is 3. The first-order valence-corrected chi connectivity index (χ1v) is 16.4. The second-order valence-corrected chi connectivity index (χ2v) is 12.6. The van der Waals surface area contributed by atoms with Crippen LogP contribution in [-0.4, -0.2) is 84.2 Å². The van der Waals surface area contributed by atoms with Gasteiger partial charge in [0.1, 0.15) is 5.82 Å². The van der Waals surface area contributed by atoms with Gasteiger partial charge in [-0.05, 0) is 67.6 Å². The lowest BCUT2D eigenvalue weighted by atomic mass is 9.84. The van der Waals surface area contributed by atoms with E-state index in [1.54, 1.807) is 36.1 Å². The molecule has 3 atom stereocenters. The number of likely N-dealkylation sites (tertiary alicyclic amines) is 2. The number of fused-ring (bicyclic) bond motifs is 1. The van der Waals surface area contributed by atoms with E-state index in [2.05, 4.69) is 13.8 Å². The molecule has 2 saturated heterocycles. The molecule has 11 nitrogen and oxygen atoms in total. The summed E-state index contributed by atoms with van der Waals surface area (Å²) in [6.45, 7) is 5.97. The van der Waals surface area contributed by atoms with Gasteiger partial charge >= 0.3 is 5.97 Å². The fourth-order valence-corrected chi connectivity index (χ4v) is 7.34. The number of carboxylic acid groups (broad SMARTS) is 1. The summed E-state index contributed by atoms with van der Waals surface area (Å²) in [4.78, 5) is 57.2. The Morgan fingerprint density at radius 1 is 1.09 bits per heavy atom. The Morgan fingerprint density at radius 2 is 1.79 bits per heavy atom. The van der Waals surface area contributed by atoms with Gasteiger partial charge in [0, 0.05) is 49.6 Å². The van der Waals surface area contributed by atoms with E-state index in [1.807, 2.05) is 4.90 Å². The first-order valence-electron chi connectivity index (χ1n) is 16.4. The Kier molecular flexibility index (Phi) is 10.7. The number of ether oxygens (including phenoxy) is 3. The number of aryl methyl sites for hydroxylation is 1. The number of carboxylic acids is 1. The maximum Gasteiger partial charge on any atom is 0.308 e. The van der Waals surface area contributed by atoms with E-state index in [9.17, 15) is 28.7 Å². The van der Waals surface area contributed by atoms with Gasteiger partial charge in [-0.25, -0.2) is 4.39 Å². The Balaban J connectivity index is 1.52. The van der Waals surface area contributed by atoms with Crippen LogP contribution in [0.15, 0.2) is 30.3 Å². The fraction of sp³-hybridized carbons (Fsp3) is 0.543. The number of hydrogen-bond acceptors (Lipinski definition) is 8. The van der Waals surface area contributed by atoms with Crippen molar-refractivity contribution in [3.63, 3.8) is 0 Å². The minimum Gasteiger partial charge on any atom is -0.493 e. The van der Waals surface area contributed by atoms with E-state index >= 15 is 0 Å². The van der Waals surface area contributed by atoms with Crippen LogP contribution in [0.3, 0.4) is 0 Å². The molecule has 1 N–H and O–H groups in total. The summed E-state index contributed by atoms with van der Waals surface area (Å²) in [6, 6.07) is 7.36. The van der Waals surface area contributed by atoms with Crippen LogP contribution in [-0.2, 0) is 19.2 Å². The summed E-state index contributed by atoms with van der Waals surface area (Å²) in [5, 5.41) is 10.7. The zero-order valence-electron chi connectivity index (χ0n) is 27.5. The number of carbonyl (C=O) groups excluding carboxylic acids is 3. The number of hydrogen-bond donors (Lipinski definition) is 1. The van der Waals surface area contributed by atoms with Gasteiger partial charge in [0.05, 0.1) is 19.6 Å². The monoisotopic (exact) mass is 653 g/mol. The van der Waals surface area contributed by atoms with Crippen LogP contribution in [0.1, 0.15) is 75.8 Å². The predicted molar refractivity (Wildman–Crippen MR) is 171 cm³/mol. The molecule has 2 aromatic rings. The van der Waals surface area contributed by atoms with Gasteiger partial charge in [-0.2, -0.15) is 0 Å². The second-order valence-electron chi connectivity index (χ2n) is 12.6. The number of benzene rings is 2. The summed E-state index contributed by atoms with van der Waals surface area (Å²) in [7, 11) is 1.50. The molecule has 3 aliphatic rings. The number of carbonyl (C=O) groups is 4. The largest absolute Gasteiger partial charge is 0.493 e. The van der Waals surface area contributed by atoms with Crippen molar-refractivity contribution in [3.8, 4) is 17.2 Å².